The van der Waals surface area contributed by atoms with Gasteiger partial charge in [-0.05, 0) is 24.0 Å². The second-order valence-corrected chi connectivity index (χ2v) is 8.15. The third-order valence-electron chi connectivity index (χ3n) is 5.49. The average molecular weight is 372 g/mol. The van der Waals surface area contributed by atoms with Crippen LogP contribution in [0.2, 0.25) is 0 Å². The standard InChI is InChI=1S/C20H24N2O3S/c23-20(24)16-6-2-5-15(9-16)19-21-18(13-26-19)11-22-7-8-25-12-17(10-22)14-3-1-4-14/h2,5-6,9,13-14,17H,1,3-4,7-8,10-12H2,(H,23,24). The molecule has 1 atom stereocenters. The summed E-state index contributed by atoms with van der Waals surface area (Å²) in [6.45, 7) is 4.56. The first-order valence-corrected chi connectivity index (χ1v) is 10.2. The van der Waals surface area contributed by atoms with Crippen molar-refractivity contribution in [3.8, 4) is 10.6 Å². The Kier molecular flexibility index (Phi) is 5.33. The summed E-state index contributed by atoms with van der Waals surface area (Å²) in [5, 5.41) is 12.1. The number of thiazole rings is 1. The Bertz CT molecular complexity index is 772. The van der Waals surface area contributed by atoms with Crippen LogP contribution in [0, 0.1) is 11.8 Å². The number of hydrogen-bond acceptors (Lipinski definition) is 5. The lowest BCUT2D eigenvalue weighted by Crippen LogP contribution is -2.35. The van der Waals surface area contributed by atoms with Crippen LogP contribution in [-0.4, -0.2) is 47.3 Å². The van der Waals surface area contributed by atoms with E-state index in [0.717, 1.165) is 55.0 Å². The van der Waals surface area contributed by atoms with Gasteiger partial charge in [0, 0.05) is 30.6 Å². The van der Waals surface area contributed by atoms with Crippen LogP contribution >= 0.6 is 11.3 Å². The van der Waals surface area contributed by atoms with Crippen molar-refractivity contribution in [3.63, 3.8) is 0 Å². The molecule has 0 amide bonds. The summed E-state index contributed by atoms with van der Waals surface area (Å²) in [7, 11) is 0. The van der Waals surface area contributed by atoms with Crippen LogP contribution in [-0.2, 0) is 11.3 Å². The predicted octanol–water partition coefficient (Wildman–Crippen LogP) is 3.76. The third-order valence-corrected chi connectivity index (χ3v) is 6.43. The summed E-state index contributed by atoms with van der Waals surface area (Å²) < 4.78 is 5.83. The first-order valence-electron chi connectivity index (χ1n) is 9.27. The zero-order valence-electron chi connectivity index (χ0n) is 14.8. The summed E-state index contributed by atoms with van der Waals surface area (Å²) in [5.74, 6) is 0.576. The number of aromatic carboxylic acids is 1. The maximum atomic E-state index is 11.2. The summed E-state index contributed by atoms with van der Waals surface area (Å²) >= 11 is 1.58. The smallest absolute Gasteiger partial charge is 0.335 e. The van der Waals surface area contributed by atoms with Crippen LogP contribution in [0.5, 0.6) is 0 Å². The highest BCUT2D eigenvalue weighted by Gasteiger charge is 2.30. The zero-order valence-corrected chi connectivity index (χ0v) is 15.6. The van der Waals surface area contributed by atoms with E-state index in [9.17, 15) is 4.79 Å². The topological polar surface area (TPSA) is 62.7 Å². The molecule has 2 aromatic rings. The van der Waals surface area contributed by atoms with Gasteiger partial charge < -0.3 is 9.84 Å². The van der Waals surface area contributed by atoms with Crippen molar-refractivity contribution >= 4 is 17.3 Å². The molecular formula is C20H24N2O3S. The molecule has 1 N–H and O–H groups in total. The van der Waals surface area contributed by atoms with Crippen LogP contribution in [0.3, 0.4) is 0 Å². The first-order chi connectivity index (χ1) is 12.7. The molecule has 2 fully saturated rings. The average Bonchev–Trinajstić information content (AvgIpc) is 2.94. The molecule has 138 valence electrons. The number of rotatable bonds is 5. The van der Waals surface area contributed by atoms with Gasteiger partial charge in [-0.15, -0.1) is 11.3 Å². The number of carbonyl (C=O) groups is 1. The van der Waals surface area contributed by atoms with Crippen LogP contribution in [0.25, 0.3) is 10.6 Å². The maximum absolute atomic E-state index is 11.2. The molecule has 5 nitrogen and oxygen atoms in total. The summed E-state index contributed by atoms with van der Waals surface area (Å²) in [5.41, 5.74) is 2.22. The van der Waals surface area contributed by atoms with Crippen LogP contribution in [0.1, 0.15) is 35.3 Å². The van der Waals surface area contributed by atoms with Gasteiger partial charge in [0.2, 0.25) is 0 Å². The highest BCUT2D eigenvalue weighted by Crippen LogP contribution is 2.35. The minimum absolute atomic E-state index is 0.298. The van der Waals surface area contributed by atoms with E-state index in [2.05, 4.69) is 10.3 Å². The predicted molar refractivity (Wildman–Crippen MR) is 101 cm³/mol. The molecule has 1 saturated heterocycles. The number of carboxylic acid groups (broad SMARTS) is 1. The highest BCUT2D eigenvalue weighted by atomic mass is 32.1. The number of ether oxygens (including phenoxy) is 1. The van der Waals surface area contributed by atoms with Gasteiger partial charge in [0.15, 0.2) is 0 Å². The van der Waals surface area contributed by atoms with Gasteiger partial charge in [-0.1, -0.05) is 31.4 Å². The van der Waals surface area contributed by atoms with Crippen LogP contribution < -0.4 is 0 Å². The fraction of sp³-hybridized carbons (Fsp3) is 0.500. The molecule has 1 saturated carbocycles. The van der Waals surface area contributed by atoms with E-state index in [-0.39, 0.29) is 0 Å². The molecule has 0 spiro atoms. The number of hydrogen-bond donors (Lipinski definition) is 1. The molecule has 6 heteroatoms. The first kappa shape index (κ1) is 17.6. The summed E-state index contributed by atoms with van der Waals surface area (Å²) in [4.78, 5) is 18.4. The van der Waals surface area contributed by atoms with E-state index < -0.39 is 5.97 Å². The van der Waals surface area contributed by atoms with E-state index in [1.165, 1.54) is 19.3 Å². The fourth-order valence-electron chi connectivity index (χ4n) is 3.77. The van der Waals surface area contributed by atoms with Gasteiger partial charge in [-0.2, -0.15) is 0 Å². The molecule has 1 aromatic carbocycles. The largest absolute Gasteiger partial charge is 0.478 e. The lowest BCUT2D eigenvalue weighted by atomic mass is 9.76. The Morgan fingerprint density at radius 1 is 1.35 bits per heavy atom. The molecule has 0 bridgehead atoms. The van der Waals surface area contributed by atoms with E-state index >= 15 is 0 Å². The molecule has 4 rings (SSSR count). The number of benzene rings is 1. The summed E-state index contributed by atoms with van der Waals surface area (Å²) in [6, 6.07) is 6.99. The van der Waals surface area contributed by atoms with Gasteiger partial charge in [0.1, 0.15) is 5.01 Å². The number of nitrogens with zero attached hydrogens (tertiary/aromatic N) is 2. The molecule has 1 aliphatic carbocycles. The Morgan fingerprint density at radius 2 is 2.23 bits per heavy atom. The molecular weight excluding hydrogens is 348 g/mol. The normalized spacial score (nSPS) is 21.9. The molecule has 0 radical (unpaired) electrons. The van der Waals surface area contributed by atoms with Crippen molar-refractivity contribution in [2.75, 3.05) is 26.3 Å². The molecule has 1 aliphatic heterocycles. The maximum Gasteiger partial charge on any atom is 0.335 e. The third kappa shape index (κ3) is 3.98. The molecule has 1 aromatic heterocycles. The van der Waals surface area contributed by atoms with Crippen molar-refractivity contribution in [3.05, 3.63) is 40.9 Å². The Morgan fingerprint density at radius 3 is 3.00 bits per heavy atom. The molecule has 1 unspecified atom stereocenters. The van der Waals surface area contributed by atoms with Gasteiger partial charge in [0.05, 0.1) is 24.5 Å². The molecule has 2 aliphatic rings. The van der Waals surface area contributed by atoms with Crippen molar-refractivity contribution in [2.24, 2.45) is 11.8 Å². The second kappa shape index (κ2) is 7.86. The zero-order chi connectivity index (χ0) is 17.9. The minimum Gasteiger partial charge on any atom is -0.478 e. The SMILES string of the molecule is O=C(O)c1cccc(-c2nc(CN3CCOCC(C4CCC4)C3)cs2)c1. The van der Waals surface area contributed by atoms with Crippen LogP contribution in [0.4, 0.5) is 0 Å². The van der Waals surface area contributed by atoms with E-state index in [4.69, 9.17) is 14.8 Å². The minimum atomic E-state index is -0.907. The second-order valence-electron chi connectivity index (χ2n) is 7.29. The quantitative estimate of drug-likeness (QED) is 0.866. The lowest BCUT2D eigenvalue weighted by molar-refractivity contribution is 0.0697. The van der Waals surface area contributed by atoms with Gasteiger partial charge in [-0.3, -0.25) is 4.90 Å². The Hall–Kier alpha value is -1.76. The monoisotopic (exact) mass is 372 g/mol. The number of aromatic nitrogens is 1. The molecule has 2 heterocycles. The van der Waals surface area contributed by atoms with Crippen molar-refractivity contribution in [1.29, 1.82) is 0 Å². The number of carboxylic acids is 1. The Labute approximate surface area is 157 Å². The Balaban J connectivity index is 1.44. The van der Waals surface area contributed by atoms with Crippen molar-refractivity contribution in [1.82, 2.24) is 9.88 Å². The van der Waals surface area contributed by atoms with Gasteiger partial charge in [0.25, 0.3) is 0 Å². The van der Waals surface area contributed by atoms with E-state index in [1.807, 2.05) is 6.07 Å². The lowest BCUT2D eigenvalue weighted by Gasteiger charge is -2.34. The van der Waals surface area contributed by atoms with Gasteiger partial charge >= 0.3 is 5.97 Å². The fourth-order valence-corrected chi connectivity index (χ4v) is 4.58. The summed E-state index contributed by atoms with van der Waals surface area (Å²) in [6.07, 6.45) is 4.07. The highest BCUT2D eigenvalue weighted by molar-refractivity contribution is 7.13. The van der Waals surface area contributed by atoms with E-state index in [0.29, 0.717) is 11.5 Å². The van der Waals surface area contributed by atoms with Crippen molar-refractivity contribution < 1.29 is 14.6 Å². The van der Waals surface area contributed by atoms with Crippen LogP contribution in [0.15, 0.2) is 29.6 Å². The molecule has 26 heavy (non-hydrogen) atoms. The van der Waals surface area contributed by atoms with Crippen molar-refractivity contribution in [2.45, 2.75) is 25.8 Å². The van der Waals surface area contributed by atoms with E-state index in [1.54, 1.807) is 29.5 Å². The van der Waals surface area contributed by atoms with Gasteiger partial charge in [-0.25, -0.2) is 9.78 Å².